The van der Waals surface area contributed by atoms with Crippen molar-refractivity contribution in [1.82, 2.24) is 4.90 Å². The van der Waals surface area contributed by atoms with Gasteiger partial charge in [-0.15, -0.1) is 0 Å². The molecule has 1 aliphatic heterocycles. The predicted molar refractivity (Wildman–Crippen MR) is 98.2 cm³/mol. The van der Waals surface area contributed by atoms with E-state index < -0.39 is 11.7 Å². The largest absolute Gasteiger partial charge is 0.416 e. The standard InChI is InChI=1S/C21H27F3N2/c1-20(2)16-7-6-15(19(20)13-16)14-25-8-10-26(11-9-25)18-5-3-4-17(12-18)21(22,23)24/h3-6,12,16,19H,7-11,13-14H2,1-2H3/t16-,19+/m1/s1. The predicted octanol–water partition coefficient (Wildman–Crippen LogP) is 4.82. The Bertz CT molecular complexity index is 699. The van der Waals surface area contributed by atoms with Gasteiger partial charge in [0.2, 0.25) is 0 Å². The van der Waals surface area contributed by atoms with Crippen molar-refractivity contribution < 1.29 is 13.2 Å². The van der Waals surface area contributed by atoms with Crippen molar-refractivity contribution in [3.63, 3.8) is 0 Å². The van der Waals surface area contributed by atoms with Crippen molar-refractivity contribution in [2.75, 3.05) is 37.6 Å². The van der Waals surface area contributed by atoms with Crippen LogP contribution >= 0.6 is 0 Å². The molecular weight excluding hydrogens is 337 g/mol. The number of anilines is 1. The van der Waals surface area contributed by atoms with Gasteiger partial charge in [-0.1, -0.05) is 31.6 Å². The SMILES string of the molecule is CC1(C)[C@@H]2CC=C(CN3CCN(c4cccc(C(F)(F)F)c4)CC3)[C@@H]1C2. The number of hydrogen-bond acceptors (Lipinski definition) is 2. The second-order valence-corrected chi connectivity index (χ2v) is 8.63. The molecule has 1 aromatic carbocycles. The summed E-state index contributed by atoms with van der Waals surface area (Å²) < 4.78 is 38.8. The van der Waals surface area contributed by atoms with E-state index in [1.54, 1.807) is 11.6 Å². The van der Waals surface area contributed by atoms with Gasteiger partial charge in [-0.2, -0.15) is 13.2 Å². The number of halogens is 3. The highest BCUT2D eigenvalue weighted by Gasteiger charge is 2.51. The van der Waals surface area contributed by atoms with Crippen LogP contribution in [0.1, 0.15) is 32.3 Å². The van der Waals surface area contributed by atoms with Gasteiger partial charge in [-0.3, -0.25) is 4.90 Å². The van der Waals surface area contributed by atoms with Gasteiger partial charge in [-0.05, 0) is 48.3 Å². The fourth-order valence-electron chi connectivity index (χ4n) is 4.96. The molecule has 4 aliphatic rings. The fourth-order valence-corrected chi connectivity index (χ4v) is 4.96. The number of fused-ring (bicyclic) bond motifs is 1. The zero-order valence-corrected chi connectivity index (χ0v) is 15.5. The van der Waals surface area contributed by atoms with Gasteiger partial charge >= 0.3 is 6.18 Å². The molecule has 1 aromatic rings. The maximum absolute atomic E-state index is 12.9. The molecule has 2 fully saturated rings. The van der Waals surface area contributed by atoms with Gasteiger partial charge in [0.15, 0.2) is 0 Å². The van der Waals surface area contributed by atoms with E-state index in [1.807, 2.05) is 0 Å². The molecule has 0 aromatic heterocycles. The van der Waals surface area contributed by atoms with E-state index in [4.69, 9.17) is 0 Å². The molecule has 5 rings (SSSR count). The molecule has 3 aliphatic carbocycles. The third-order valence-corrected chi connectivity index (χ3v) is 6.90. The molecule has 2 bridgehead atoms. The van der Waals surface area contributed by atoms with Crippen LogP contribution in [0.2, 0.25) is 0 Å². The Balaban J connectivity index is 1.36. The maximum atomic E-state index is 12.9. The van der Waals surface area contributed by atoms with E-state index in [-0.39, 0.29) is 0 Å². The summed E-state index contributed by atoms with van der Waals surface area (Å²) in [6.07, 6.45) is 0.716. The Morgan fingerprint density at radius 3 is 2.46 bits per heavy atom. The summed E-state index contributed by atoms with van der Waals surface area (Å²) >= 11 is 0. The number of alkyl halides is 3. The molecule has 0 amide bonds. The van der Waals surface area contributed by atoms with Gasteiger partial charge in [0, 0.05) is 38.4 Å². The lowest BCUT2D eigenvalue weighted by Gasteiger charge is -2.57. The first kappa shape index (κ1) is 17.9. The summed E-state index contributed by atoms with van der Waals surface area (Å²) in [7, 11) is 0. The lowest BCUT2D eigenvalue weighted by molar-refractivity contribution is -0.137. The Morgan fingerprint density at radius 1 is 1.12 bits per heavy atom. The number of rotatable bonds is 3. The number of hydrogen-bond donors (Lipinski definition) is 0. The second kappa shape index (κ2) is 6.29. The zero-order chi connectivity index (χ0) is 18.5. The van der Waals surface area contributed by atoms with Crippen LogP contribution in [0.25, 0.3) is 0 Å². The van der Waals surface area contributed by atoms with Crippen LogP contribution in [0.3, 0.4) is 0 Å². The molecule has 2 atom stereocenters. The van der Waals surface area contributed by atoms with Gasteiger partial charge in [0.1, 0.15) is 0 Å². The topological polar surface area (TPSA) is 6.48 Å². The number of piperazine rings is 1. The average molecular weight is 364 g/mol. The molecule has 5 heteroatoms. The molecule has 2 nitrogen and oxygen atoms in total. The van der Waals surface area contributed by atoms with Gasteiger partial charge in [-0.25, -0.2) is 0 Å². The van der Waals surface area contributed by atoms with Crippen LogP contribution in [0.4, 0.5) is 18.9 Å². The summed E-state index contributed by atoms with van der Waals surface area (Å²) in [5.41, 5.74) is 2.15. The highest BCUT2D eigenvalue weighted by Crippen LogP contribution is 2.59. The molecule has 0 unspecified atom stereocenters. The fraction of sp³-hybridized carbons (Fsp3) is 0.619. The molecule has 26 heavy (non-hydrogen) atoms. The first-order valence-corrected chi connectivity index (χ1v) is 9.58. The molecule has 1 heterocycles. The van der Waals surface area contributed by atoms with E-state index in [9.17, 15) is 13.2 Å². The van der Waals surface area contributed by atoms with Gasteiger partial charge in [0.05, 0.1) is 5.56 Å². The zero-order valence-electron chi connectivity index (χ0n) is 15.5. The third-order valence-electron chi connectivity index (χ3n) is 6.90. The molecule has 0 N–H and O–H groups in total. The lowest BCUT2D eigenvalue weighted by atomic mass is 9.49. The summed E-state index contributed by atoms with van der Waals surface area (Å²) in [6, 6.07) is 5.71. The minimum absolute atomic E-state index is 0.448. The lowest BCUT2D eigenvalue weighted by Crippen LogP contribution is -2.52. The Labute approximate surface area is 153 Å². The smallest absolute Gasteiger partial charge is 0.369 e. The number of nitrogens with zero attached hydrogens (tertiary/aromatic N) is 2. The first-order valence-electron chi connectivity index (χ1n) is 9.58. The van der Waals surface area contributed by atoms with Crippen molar-refractivity contribution in [2.24, 2.45) is 17.3 Å². The Hall–Kier alpha value is -1.49. The minimum Gasteiger partial charge on any atom is -0.369 e. The van der Waals surface area contributed by atoms with Crippen LogP contribution in [-0.4, -0.2) is 37.6 Å². The summed E-state index contributed by atoms with van der Waals surface area (Å²) in [4.78, 5) is 4.54. The third kappa shape index (κ3) is 3.15. The number of benzene rings is 1. The van der Waals surface area contributed by atoms with E-state index in [0.717, 1.165) is 50.6 Å². The average Bonchev–Trinajstić information content (AvgIpc) is 2.62. The first-order chi connectivity index (χ1) is 12.2. The second-order valence-electron chi connectivity index (χ2n) is 8.63. The van der Waals surface area contributed by atoms with Crippen molar-refractivity contribution in [2.45, 2.75) is 32.9 Å². The summed E-state index contributed by atoms with van der Waals surface area (Å²) in [6.45, 7) is 9.19. The van der Waals surface area contributed by atoms with E-state index in [2.05, 4.69) is 29.7 Å². The Kier molecular flexibility index (Phi) is 4.33. The van der Waals surface area contributed by atoms with Crippen molar-refractivity contribution in [3.8, 4) is 0 Å². The van der Waals surface area contributed by atoms with E-state index in [0.29, 0.717) is 11.1 Å². The molecule has 0 radical (unpaired) electrons. The van der Waals surface area contributed by atoms with E-state index in [1.165, 1.54) is 25.0 Å². The van der Waals surface area contributed by atoms with Crippen LogP contribution < -0.4 is 4.90 Å². The van der Waals surface area contributed by atoms with Crippen LogP contribution in [0.15, 0.2) is 35.9 Å². The summed E-state index contributed by atoms with van der Waals surface area (Å²) in [5, 5.41) is 0. The summed E-state index contributed by atoms with van der Waals surface area (Å²) in [5.74, 6) is 1.58. The molecule has 1 saturated heterocycles. The normalized spacial score (nSPS) is 28.5. The van der Waals surface area contributed by atoms with Crippen LogP contribution in [0, 0.1) is 17.3 Å². The monoisotopic (exact) mass is 364 g/mol. The Morgan fingerprint density at radius 2 is 1.85 bits per heavy atom. The highest BCUT2D eigenvalue weighted by molar-refractivity contribution is 5.49. The van der Waals surface area contributed by atoms with E-state index >= 15 is 0 Å². The quantitative estimate of drug-likeness (QED) is 0.710. The minimum atomic E-state index is -4.28. The van der Waals surface area contributed by atoms with Crippen molar-refractivity contribution >= 4 is 5.69 Å². The number of allylic oxidation sites excluding steroid dienone is 1. The van der Waals surface area contributed by atoms with Gasteiger partial charge in [0.25, 0.3) is 0 Å². The molecule has 0 spiro atoms. The molecule has 142 valence electrons. The van der Waals surface area contributed by atoms with Crippen molar-refractivity contribution in [1.29, 1.82) is 0 Å². The molecular formula is C21H27F3N2. The van der Waals surface area contributed by atoms with Crippen molar-refractivity contribution in [3.05, 3.63) is 41.5 Å². The van der Waals surface area contributed by atoms with Crippen LogP contribution in [-0.2, 0) is 6.18 Å². The highest BCUT2D eigenvalue weighted by atomic mass is 19.4. The van der Waals surface area contributed by atoms with Crippen LogP contribution in [0.5, 0.6) is 0 Å². The molecule has 1 saturated carbocycles. The van der Waals surface area contributed by atoms with Gasteiger partial charge < -0.3 is 4.90 Å². The maximum Gasteiger partial charge on any atom is 0.416 e.